The van der Waals surface area contributed by atoms with Gasteiger partial charge >= 0.3 is 5.97 Å². The van der Waals surface area contributed by atoms with Crippen molar-refractivity contribution in [3.05, 3.63) is 59.3 Å². The second-order valence-corrected chi connectivity index (χ2v) is 44.7. The van der Waals surface area contributed by atoms with Crippen LogP contribution in [-0.2, 0) is 27.2 Å². The summed E-state index contributed by atoms with van der Waals surface area (Å²) < 4.78 is 39.1. The first-order valence-corrected chi connectivity index (χ1v) is 37.1. The Labute approximate surface area is 408 Å². The molecule has 1 unspecified atom stereocenters. The number of allylic oxidation sites excluding steroid dienone is 6. The Balaban J connectivity index is 5.14. The van der Waals surface area contributed by atoms with E-state index in [0.29, 0.717) is 18.6 Å². The SMILES string of the molecule is C=CC=C[C@H](C)C1=C(C)C(C)=C(C)[C@@](C)(O[Si](C)(C)C(C)(C)C)C(O[Si](C)(C)C(C)(C)C)(O[Si](C)(C)C(C)(C)C)C(O[Si](C)(C)C(C)(C)C)CC=CCCCCCCCCCCOC1=O. The third-order valence-corrected chi connectivity index (χ3v) is 34.4. The van der Waals surface area contributed by atoms with E-state index >= 15 is 0 Å². The lowest BCUT2D eigenvalue weighted by Gasteiger charge is -2.62. The lowest BCUT2D eigenvalue weighted by Crippen LogP contribution is -2.75. The van der Waals surface area contributed by atoms with Crippen molar-refractivity contribution in [2.24, 2.45) is 5.92 Å². The summed E-state index contributed by atoms with van der Waals surface area (Å²) in [5.41, 5.74) is 2.28. The van der Waals surface area contributed by atoms with Crippen molar-refractivity contribution in [2.75, 3.05) is 6.61 Å². The lowest BCUT2D eigenvalue weighted by molar-refractivity contribution is -0.270. The Morgan fingerprint density at radius 1 is 0.646 bits per heavy atom. The molecule has 1 aliphatic heterocycles. The molecule has 0 aromatic rings. The third-order valence-electron chi connectivity index (χ3n) is 16.5. The van der Waals surface area contributed by atoms with Gasteiger partial charge in [0.2, 0.25) is 5.79 Å². The van der Waals surface area contributed by atoms with Gasteiger partial charge in [0.15, 0.2) is 33.3 Å². The van der Waals surface area contributed by atoms with Crippen LogP contribution in [0.25, 0.3) is 0 Å². The molecule has 0 fully saturated rings. The zero-order chi connectivity index (χ0) is 50.9. The molecule has 1 heterocycles. The topological polar surface area (TPSA) is 63.2 Å². The number of ether oxygens (including phenoxy) is 1. The minimum absolute atomic E-state index is 0.0988. The minimum Gasteiger partial charge on any atom is -0.462 e. The molecule has 1 rings (SSSR count). The van der Waals surface area contributed by atoms with E-state index in [1.54, 1.807) is 6.08 Å². The molecule has 3 atom stereocenters. The van der Waals surface area contributed by atoms with Crippen molar-refractivity contribution in [1.29, 1.82) is 0 Å². The number of rotatable bonds is 11. The van der Waals surface area contributed by atoms with Crippen LogP contribution < -0.4 is 0 Å². The quantitative estimate of drug-likeness (QED) is 0.0676. The standard InChI is InChI=1S/C55H106O6Si4/c1-27-28-40-43(2)48-45(4)44(3)46(5)54(18,59-63(21,22)51(9,10)11)55(60-64(23,24)52(12,13)14,61-65(25,26)53(15,16)17)47(58-62(19,20)50(6,7)8)41-38-36-34-32-30-29-31-33-35-37-39-42-57-49(48)56/h27-28,36,38,40,43,47H,1,29-35,37,39,41-42H2,2-26H3/t43-,47?,54+/m0/s1. The van der Waals surface area contributed by atoms with E-state index in [-0.39, 0.29) is 32.0 Å². The van der Waals surface area contributed by atoms with E-state index in [2.05, 4.69) is 189 Å². The fourth-order valence-corrected chi connectivity index (χ4v) is 13.4. The summed E-state index contributed by atoms with van der Waals surface area (Å²) in [6.45, 7) is 61.9. The summed E-state index contributed by atoms with van der Waals surface area (Å²) in [5, 5.41) is -0.624. The van der Waals surface area contributed by atoms with E-state index in [9.17, 15) is 4.79 Å². The van der Waals surface area contributed by atoms with Crippen LogP contribution in [0.2, 0.25) is 72.5 Å². The zero-order valence-electron chi connectivity index (χ0n) is 47.5. The Hall–Kier alpha value is -1.12. The van der Waals surface area contributed by atoms with E-state index in [1.165, 1.54) is 25.7 Å². The summed E-state index contributed by atoms with van der Waals surface area (Å²) in [5.74, 6) is -1.92. The monoisotopic (exact) mass is 975 g/mol. The van der Waals surface area contributed by atoms with Crippen molar-refractivity contribution in [1.82, 2.24) is 0 Å². The molecule has 1 aliphatic rings. The van der Waals surface area contributed by atoms with Gasteiger partial charge in [-0.05, 0) is 143 Å². The molecule has 10 heteroatoms. The Kier molecular flexibility index (Phi) is 22.5. The molecule has 65 heavy (non-hydrogen) atoms. The average molecular weight is 976 g/mol. The Bertz CT molecular complexity index is 1640. The number of carbonyl (C=O) groups excluding carboxylic acids is 1. The van der Waals surface area contributed by atoms with E-state index in [1.807, 2.05) is 12.2 Å². The molecular weight excluding hydrogens is 869 g/mol. The highest BCUT2D eigenvalue weighted by molar-refractivity contribution is 6.76. The van der Waals surface area contributed by atoms with E-state index in [0.717, 1.165) is 48.8 Å². The van der Waals surface area contributed by atoms with Crippen LogP contribution in [0.3, 0.4) is 0 Å². The highest BCUT2D eigenvalue weighted by Crippen LogP contribution is 2.56. The first kappa shape index (κ1) is 61.9. The highest BCUT2D eigenvalue weighted by Gasteiger charge is 2.67. The van der Waals surface area contributed by atoms with Gasteiger partial charge in [-0.2, -0.15) is 0 Å². The smallest absolute Gasteiger partial charge is 0.334 e. The zero-order valence-corrected chi connectivity index (χ0v) is 51.5. The summed E-state index contributed by atoms with van der Waals surface area (Å²) in [7, 11) is -10.8. The first-order valence-electron chi connectivity index (χ1n) is 25.5. The lowest BCUT2D eigenvalue weighted by atomic mass is 9.79. The number of carbonyl (C=O) groups is 1. The molecule has 0 saturated heterocycles. The Morgan fingerprint density at radius 2 is 1.06 bits per heavy atom. The van der Waals surface area contributed by atoms with Crippen molar-refractivity contribution in [3.63, 3.8) is 0 Å². The van der Waals surface area contributed by atoms with Crippen LogP contribution in [0, 0.1) is 5.92 Å². The molecule has 0 spiro atoms. The molecule has 0 saturated carbocycles. The van der Waals surface area contributed by atoms with E-state index in [4.69, 9.17) is 22.4 Å². The van der Waals surface area contributed by atoms with Gasteiger partial charge in [0, 0.05) is 11.5 Å². The molecule has 0 amide bonds. The Morgan fingerprint density at radius 3 is 1.49 bits per heavy atom. The van der Waals surface area contributed by atoms with E-state index < -0.39 is 50.8 Å². The predicted octanol–water partition coefficient (Wildman–Crippen LogP) is 17.9. The van der Waals surface area contributed by atoms with Crippen LogP contribution in [0.4, 0.5) is 0 Å². The maximum absolute atomic E-state index is 14.5. The predicted molar refractivity (Wildman–Crippen MR) is 294 cm³/mol. The number of hydrogen-bond acceptors (Lipinski definition) is 6. The molecule has 0 radical (unpaired) electrons. The highest BCUT2D eigenvalue weighted by atomic mass is 28.4. The van der Waals surface area contributed by atoms with Crippen molar-refractivity contribution < 1.29 is 27.2 Å². The van der Waals surface area contributed by atoms with Crippen LogP contribution in [0.1, 0.15) is 182 Å². The summed E-state index contributed by atoms with van der Waals surface area (Å²) in [6, 6.07) is 0. The molecule has 0 N–H and O–H groups in total. The number of cyclic esters (lactones) is 1. The minimum atomic E-state index is -2.76. The largest absolute Gasteiger partial charge is 0.462 e. The maximum Gasteiger partial charge on any atom is 0.334 e. The van der Waals surface area contributed by atoms with Crippen molar-refractivity contribution in [2.45, 2.75) is 272 Å². The van der Waals surface area contributed by atoms with Gasteiger partial charge in [0.05, 0.1) is 6.61 Å². The van der Waals surface area contributed by atoms with Crippen molar-refractivity contribution >= 4 is 39.2 Å². The van der Waals surface area contributed by atoms with Crippen LogP contribution in [-0.4, -0.2) is 63.3 Å². The van der Waals surface area contributed by atoms with Gasteiger partial charge in [-0.3, -0.25) is 0 Å². The average Bonchev–Trinajstić information content (AvgIpc) is 3.13. The number of esters is 1. The second-order valence-electron chi connectivity index (χ2n) is 25.8. The number of hydrogen-bond donors (Lipinski definition) is 0. The third kappa shape index (κ3) is 16.2. The van der Waals surface area contributed by atoms with Gasteiger partial charge in [0.25, 0.3) is 0 Å². The fraction of sp³-hybridized carbons (Fsp3) is 0.800. The molecular formula is C55H106O6Si4. The summed E-state index contributed by atoms with van der Waals surface area (Å²) in [4.78, 5) is 14.5. The molecule has 0 bridgehead atoms. The maximum atomic E-state index is 14.5. The van der Waals surface area contributed by atoms with Crippen LogP contribution in [0.15, 0.2) is 59.3 Å². The van der Waals surface area contributed by atoms with Gasteiger partial charge in [-0.15, -0.1) is 0 Å². The van der Waals surface area contributed by atoms with Crippen LogP contribution >= 0.6 is 0 Å². The van der Waals surface area contributed by atoms with Gasteiger partial charge < -0.3 is 22.4 Å². The normalized spacial score (nSPS) is 23.0. The van der Waals surface area contributed by atoms with Crippen molar-refractivity contribution in [3.8, 4) is 0 Å². The summed E-state index contributed by atoms with van der Waals surface area (Å²) >= 11 is 0. The first-order chi connectivity index (χ1) is 29.2. The molecule has 0 aromatic carbocycles. The molecule has 0 aliphatic carbocycles. The molecule has 0 aromatic heterocycles. The van der Waals surface area contributed by atoms with Gasteiger partial charge in [-0.1, -0.05) is 165 Å². The van der Waals surface area contributed by atoms with Gasteiger partial charge in [-0.25, -0.2) is 4.79 Å². The van der Waals surface area contributed by atoms with Gasteiger partial charge in [0.1, 0.15) is 11.7 Å². The summed E-state index contributed by atoms with van der Waals surface area (Å²) in [6.07, 6.45) is 20.7. The molecule has 6 nitrogen and oxygen atoms in total. The fourth-order valence-electron chi connectivity index (χ4n) is 7.47. The molecule has 378 valence electrons. The second kappa shape index (κ2) is 23.7. The van der Waals surface area contributed by atoms with Crippen LogP contribution in [0.5, 0.6) is 0 Å².